The number of carboxylic acids is 1. The van der Waals surface area contributed by atoms with E-state index in [0.717, 1.165) is 5.69 Å². The minimum absolute atomic E-state index is 0.290. The minimum atomic E-state index is -0.984. The lowest BCUT2D eigenvalue weighted by Crippen LogP contribution is -2.30. The van der Waals surface area contributed by atoms with E-state index in [-0.39, 0.29) is 5.91 Å². The summed E-state index contributed by atoms with van der Waals surface area (Å²) in [4.78, 5) is 22.6. The third kappa shape index (κ3) is 3.32. The van der Waals surface area contributed by atoms with Gasteiger partial charge in [0, 0.05) is 17.7 Å². The van der Waals surface area contributed by atoms with Crippen LogP contribution >= 0.6 is 0 Å². The van der Waals surface area contributed by atoms with Gasteiger partial charge in [0.05, 0.1) is 5.92 Å². The third-order valence-corrected chi connectivity index (χ3v) is 3.02. The zero-order valence-corrected chi connectivity index (χ0v) is 11.0. The van der Waals surface area contributed by atoms with E-state index in [2.05, 4.69) is 15.5 Å². The number of hydrogen-bond acceptors (Lipinski definition) is 3. The van der Waals surface area contributed by atoms with E-state index >= 15 is 0 Å². The van der Waals surface area contributed by atoms with Crippen LogP contribution in [0.1, 0.15) is 39.3 Å². The van der Waals surface area contributed by atoms with Gasteiger partial charge in [0.25, 0.3) is 0 Å². The highest BCUT2D eigenvalue weighted by atomic mass is 16.4. The molecule has 1 aromatic rings. The number of nitrogens with one attached hydrogen (secondary N) is 2. The number of H-pyrrole nitrogens is 1. The van der Waals surface area contributed by atoms with E-state index in [1.807, 2.05) is 13.8 Å². The Morgan fingerprint density at radius 3 is 2.33 bits per heavy atom. The molecule has 2 unspecified atom stereocenters. The van der Waals surface area contributed by atoms with Crippen LogP contribution in [-0.2, 0) is 9.59 Å². The number of hydrogen-bond donors (Lipinski definition) is 3. The van der Waals surface area contributed by atoms with Gasteiger partial charge in [-0.1, -0.05) is 27.7 Å². The average Bonchev–Trinajstić information content (AvgIpc) is 2.75. The molecule has 1 heterocycles. The van der Waals surface area contributed by atoms with Gasteiger partial charge >= 0.3 is 5.97 Å². The number of rotatable bonds is 5. The molecule has 0 aliphatic rings. The molecule has 0 aliphatic heterocycles. The number of amides is 1. The van der Waals surface area contributed by atoms with Crippen molar-refractivity contribution in [3.63, 3.8) is 0 Å². The van der Waals surface area contributed by atoms with Crippen molar-refractivity contribution in [2.45, 2.75) is 33.6 Å². The minimum Gasteiger partial charge on any atom is -0.481 e. The number of carbonyl (C=O) groups is 2. The monoisotopic (exact) mass is 253 g/mol. The fourth-order valence-electron chi connectivity index (χ4n) is 1.38. The van der Waals surface area contributed by atoms with Gasteiger partial charge in [0.1, 0.15) is 0 Å². The number of carboxylic acid groups (broad SMARTS) is 1. The van der Waals surface area contributed by atoms with Crippen molar-refractivity contribution in [3.8, 4) is 0 Å². The van der Waals surface area contributed by atoms with E-state index in [1.54, 1.807) is 13.0 Å². The lowest BCUT2D eigenvalue weighted by molar-refractivity contribution is -0.145. The lowest BCUT2D eigenvalue weighted by Gasteiger charge is -2.14. The third-order valence-electron chi connectivity index (χ3n) is 3.02. The molecule has 1 rings (SSSR count). The normalized spacial score (nSPS) is 14.3. The molecule has 0 aromatic carbocycles. The first-order valence-electron chi connectivity index (χ1n) is 5.92. The quantitative estimate of drug-likeness (QED) is 0.746. The highest BCUT2D eigenvalue weighted by molar-refractivity contribution is 5.94. The number of aliphatic carboxylic acids is 1. The van der Waals surface area contributed by atoms with Gasteiger partial charge < -0.3 is 10.4 Å². The van der Waals surface area contributed by atoms with Crippen LogP contribution in [0.3, 0.4) is 0 Å². The Labute approximate surface area is 106 Å². The second-order valence-corrected chi connectivity index (χ2v) is 4.77. The Balaban J connectivity index is 2.66. The van der Waals surface area contributed by atoms with Crippen molar-refractivity contribution in [1.29, 1.82) is 0 Å². The molecule has 0 saturated carbocycles. The topological polar surface area (TPSA) is 95.1 Å². The average molecular weight is 253 g/mol. The molecule has 0 spiro atoms. The van der Waals surface area contributed by atoms with Crippen molar-refractivity contribution in [2.24, 2.45) is 11.8 Å². The first-order valence-corrected chi connectivity index (χ1v) is 5.92. The predicted molar refractivity (Wildman–Crippen MR) is 67.3 cm³/mol. The molecule has 1 aromatic heterocycles. The molecule has 0 saturated heterocycles. The number of nitrogens with zero attached hydrogens (tertiary/aromatic N) is 1. The fraction of sp³-hybridized carbons (Fsp3) is 0.583. The maximum absolute atomic E-state index is 11.8. The molecular weight excluding hydrogens is 234 g/mol. The van der Waals surface area contributed by atoms with Crippen LogP contribution in [-0.4, -0.2) is 27.2 Å². The molecule has 0 radical (unpaired) electrons. The zero-order valence-electron chi connectivity index (χ0n) is 11.0. The van der Waals surface area contributed by atoms with Gasteiger partial charge in [-0.15, -0.1) is 0 Å². The summed E-state index contributed by atoms with van der Waals surface area (Å²) in [6.45, 7) is 7.11. The zero-order chi connectivity index (χ0) is 13.9. The maximum atomic E-state index is 11.8. The maximum Gasteiger partial charge on any atom is 0.307 e. The van der Waals surface area contributed by atoms with Crippen LogP contribution in [0.4, 0.5) is 5.82 Å². The first-order chi connectivity index (χ1) is 8.32. The summed E-state index contributed by atoms with van der Waals surface area (Å²) in [5.41, 5.74) is 0.921. The molecular formula is C12H19N3O3. The van der Waals surface area contributed by atoms with E-state index in [4.69, 9.17) is 5.11 Å². The molecule has 1 amide bonds. The van der Waals surface area contributed by atoms with Crippen LogP contribution in [0.25, 0.3) is 0 Å². The Kier molecular flexibility index (Phi) is 4.47. The largest absolute Gasteiger partial charge is 0.481 e. The van der Waals surface area contributed by atoms with Gasteiger partial charge in [0.15, 0.2) is 5.82 Å². The number of aromatic nitrogens is 2. The molecule has 0 aliphatic carbocycles. The van der Waals surface area contributed by atoms with Crippen molar-refractivity contribution in [2.75, 3.05) is 5.32 Å². The molecule has 2 atom stereocenters. The summed E-state index contributed by atoms with van der Waals surface area (Å²) in [6.07, 6.45) is 0. The lowest BCUT2D eigenvalue weighted by atomic mass is 9.95. The van der Waals surface area contributed by atoms with Crippen molar-refractivity contribution in [1.82, 2.24) is 10.2 Å². The summed E-state index contributed by atoms with van der Waals surface area (Å²) in [6, 6.07) is 1.75. The standard InChI is InChI=1S/C12H19N3O3/c1-6(2)9-5-10(15-14-9)13-11(16)7(3)8(4)12(17)18/h5-8H,1-4H3,(H,17,18)(H2,13,14,15,16). The molecule has 18 heavy (non-hydrogen) atoms. The van der Waals surface area contributed by atoms with Crippen LogP contribution in [0.2, 0.25) is 0 Å². The molecule has 6 heteroatoms. The number of anilines is 1. The van der Waals surface area contributed by atoms with E-state index in [9.17, 15) is 9.59 Å². The Hall–Kier alpha value is -1.85. The van der Waals surface area contributed by atoms with Gasteiger partial charge in [0.2, 0.25) is 5.91 Å². The van der Waals surface area contributed by atoms with E-state index < -0.39 is 17.8 Å². The smallest absolute Gasteiger partial charge is 0.307 e. The van der Waals surface area contributed by atoms with Gasteiger partial charge in [-0.25, -0.2) is 0 Å². The van der Waals surface area contributed by atoms with Gasteiger partial charge in [-0.2, -0.15) is 5.10 Å². The Morgan fingerprint density at radius 1 is 1.28 bits per heavy atom. The van der Waals surface area contributed by atoms with Crippen molar-refractivity contribution >= 4 is 17.7 Å². The Morgan fingerprint density at radius 2 is 1.89 bits per heavy atom. The summed E-state index contributed by atoms with van der Waals surface area (Å²) in [7, 11) is 0. The fourth-order valence-corrected chi connectivity index (χ4v) is 1.38. The van der Waals surface area contributed by atoms with Crippen molar-refractivity contribution in [3.05, 3.63) is 11.8 Å². The molecule has 0 bridgehead atoms. The van der Waals surface area contributed by atoms with Crippen LogP contribution in [0.5, 0.6) is 0 Å². The summed E-state index contributed by atoms with van der Waals surface area (Å²) < 4.78 is 0. The van der Waals surface area contributed by atoms with Crippen LogP contribution in [0, 0.1) is 11.8 Å². The molecule has 0 fully saturated rings. The SMILES string of the molecule is CC(C)c1cc(NC(=O)C(C)C(C)C(=O)O)n[nH]1. The highest BCUT2D eigenvalue weighted by Crippen LogP contribution is 2.17. The van der Waals surface area contributed by atoms with Crippen LogP contribution in [0.15, 0.2) is 6.07 Å². The second kappa shape index (κ2) is 5.66. The summed E-state index contributed by atoms with van der Waals surface area (Å²) in [5.74, 6) is -1.95. The number of aromatic amines is 1. The van der Waals surface area contributed by atoms with Gasteiger partial charge in [-0.05, 0) is 5.92 Å². The molecule has 100 valence electrons. The number of carbonyl (C=O) groups excluding carboxylic acids is 1. The van der Waals surface area contributed by atoms with Gasteiger partial charge in [-0.3, -0.25) is 14.7 Å². The van der Waals surface area contributed by atoms with E-state index in [1.165, 1.54) is 6.92 Å². The first kappa shape index (κ1) is 14.2. The molecule has 3 N–H and O–H groups in total. The summed E-state index contributed by atoms with van der Waals surface area (Å²) in [5, 5.41) is 18.2. The highest BCUT2D eigenvalue weighted by Gasteiger charge is 2.26. The van der Waals surface area contributed by atoms with Crippen LogP contribution < -0.4 is 5.32 Å². The predicted octanol–water partition coefficient (Wildman–Crippen LogP) is 1.83. The Bertz CT molecular complexity index is 440. The summed E-state index contributed by atoms with van der Waals surface area (Å²) >= 11 is 0. The van der Waals surface area contributed by atoms with E-state index in [0.29, 0.717) is 11.7 Å². The molecule has 6 nitrogen and oxygen atoms in total. The van der Waals surface area contributed by atoms with Crippen molar-refractivity contribution < 1.29 is 14.7 Å². The second-order valence-electron chi connectivity index (χ2n) is 4.77.